The monoisotopic (exact) mass is 479 g/mol. The van der Waals surface area contributed by atoms with Gasteiger partial charge in [-0.1, -0.05) is 103 Å². The molecule has 0 radical (unpaired) electrons. The van der Waals surface area contributed by atoms with Gasteiger partial charge in [-0.05, 0) is 37.6 Å². The summed E-state index contributed by atoms with van der Waals surface area (Å²) in [5.41, 5.74) is 1.75. The molecule has 0 saturated carbocycles. The molecule has 0 saturated heterocycles. The lowest BCUT2D eigenvalue weighted by atomic mass is 10.0. The molecular weight excluding hydrogens is 434 g/mol. The zero-order valence-electron chi connectivity index (χ0n) is 21.9. The number of nitrogens with zero attached hydrogens (tertiary/aromatic N) is 1. The summed E-state index contributed by atoms with van der Waals surface area (Å²) in [7, 11) is 0. The Morgan fingerprint density at radius 2 is 1.40 bits per heavy atom. The van der Waals surface area contributed by atoms with Crippen LogP contribution in [0.15, 0.2) is 47.5 Å². The molecular formula is C31H45NO3. The van der Waals surface area contributed by atoms with Crippen LogP contribution in [0.5, 0.6) is 11.5 Å². The topological polar surface area (TPSA) is 58.9 Å². The Bertz CT molecular complexity index is 891. The predicted molar refractivity (Wildman–Crippen MR) is 148 cm³/mol. The largest absolute Gasteiger partial charge is 0.507 e. The lowest BCUT2D eigenvalue weighted by molar-refractivity contribution is 0.101. The van der Waals surface area contributed by atoms with Crippen molar-refractivity contribution in [2.75, 3.05) is 6.61 Å². The summed E-state index contributed by atoms with van der Waals surface area (Å²) in [6, 6.07) is 12.5. The van der Waals surface area contributed by atoms with Gasteiger partial charge in [0.15, 0.2) is 5.78 Å². The fraction of sp³-hybridized carbons (Fsp3) is 0.548. The zero-order valence-corrected chi connectivity index (χ0v) is 21.9. The molecule has 0 unspecified atom stereocenters. The van der Waals surface area contributed by atoms with Crippen LogP contribution in [-0.4, -0.2) is 23.7 Å². The minimum Gasteiger partial charge on any atom is -0.507 e. The van der Waals surface area contributed by atoms with Crippen molar-refractivity contribution in [2.24, 2.45) is 4.99 Å². The van der Waals surface area contributed by atoms with E-state index in [1.165, 1.54) is 90.4 Å². The van der Waals surface area contributed by atoms with Crippen LogP contribution in [0.1, 0.15) is 120 Å². The summed E-state index contributed by atoms with van der Waals surface area (Å²) >= 11 is 0. The molecule has 0 aliphatic carbocycles. The van der Waals surface area contributed by atoms with Gasteiger partial charge >= 0.3 is 0 Å². The number of Topliss-reactive ketones (excluding diaryl/α,β-unsaturated/α-hetero) is 1. The van der Waals surface area contributed by atoms with Gasteiger partial charge in [0.25, 0.3) is 0 Å². The van der Waals surface area contributed by atoms with Crippen molar-refractivity contribution < 1.29 is 14.6 Å². The average molecular weight is 480 g/mol. The Labute approximate surface area is 212 Å². The van der Waals surface area contributed by atoms with Crippen molar-refractivity contribution in [3.05, 3.63) is 53.6 Å². The van der Waals surface area contributed by atoms with Gasteiger partial charge in [0.05, 0.1) is 12.3 Å². The van der Waals surface area contributed by atoms with Crippen molar-refractivity contribution in [1.29, 1.82) is 0 Å². The maximum absolute atomic E-state index is 11.7. The maximum atomic E-state index is 11.7. The van der Waals surface area contributed by atoms with Crippen LogP contribution in [0.3, 0.4) is 0 Å². The Morgan fingerprint density at radius 3 is 1.97 bits per heavy atom. The minimum atomic E-state index is -0.0331. The molecule has 0 spiro atoms. The number of benzene rings is 2. The number of carbonyl (C=O) groups is 1. The van der Waals surface area contributed by atoms with Crippen LogP contribution < -0.4 is 4.74 Å². The number of hydrogen-bond donors (Lipinski definition) is 1. The Hall–Kier alpha value is -2.62. The molecule has 0 atom stereocenters. The summed E-state index contributed by atoms with van der Waals surface area (Å²) in [5.74, 6) is 0.750. The highest BCUT2D eigenvalue weighted by molar-refractivity contribution is 6.00. The van der Waals surface area contributed by atoms with Crippen molar-refractivity contribution >= 4 is 17.7 Å². The Balaban J connectivity index is 1.56. The van der Waals surface area contributed by atoms with Gasteiger partial charge in [0.1, 0.15) is 11.5 Å². The molecule has 0 bridgehead atoms. The first kappa shape index (κ1) is 28.6. The summed E-state index contributed by atoms with van der Waals surface area (Å²) < 4.78 is 5.81. The number of carbonyl (C=O) groups excluding carboxylic acids is 1. The zero-order chi connectivity index (χ0) is 25.1. The molecule has 35 heavy (non-hydrogen) atoms. The Morgan fingerprint density at radius 1 is 0.829 bits per heavy atom. The van der Waals surface area contributed by atoms with Crippen molar-refractivity contribution in [2.45, 2.75) is 104 Å². The highest BCUT2D eigenvalue weighted by Gasteiger charge is 2.06. The maximum Gasteiger partial charge on any atom is 0.161 e. The highest BCUT2D eigenvalue weighted by Crippen LogP contribution is 2.25. The Kier molecular flexibility index (Phi) is 14.5. The fourth-order valence-corrected chi connectivity index (χ4v) is 4.23. The molecule has 2 aromatic carbocycles. The van der Waals surface area contributed by atoms with Crippen LogP contribution in [0.2, 0.25) is 0 Å². The number of ether oxygens (including phenoxy) is 1. The van der Waals surface area contributed by atoms with E-state index in [9.17, 15) is 9.90 Å². The first-order valence-corrected chi connectivity index (χ1v) is 13.7. The van der Waals surface area contributed by atoms with Crippen LogP contribution in [0.4, 0.5) is 5.69 Å². The van der Waals surface area contributed by atoms with E-state index in [2.05, 4.69) is 11.9 Å². The number of hydrogen-bond acceptors (Lipinski definition) is 4. The smallest absolute Gasteiger partial charge is 0.161 e. The van der Waals surface area contributed by atoms with Crippen LogP contribution in [-0.2, 0) is 0 Å². The van der Waals surface area contributed by atoms with E-state index in [1.807, 2.05) is 18.2 Å². The normalized spacial score (nSPS) is 11.3. The molecule has 4 nitrogen and oxygen atoms in total. The summed E-state index contributed by atoms with van der Waals surface area (Å²) in [6.45, 7) is 4.46. The third kappa shape index (κ3) is 12.1. The van der Waals surface area contributed by atoms with Crippen molar-refractivity contribution in [3.63, 3.8) is 0 Å². The third-order valence-corrected chi connectivity index (χ3v) is 6.39. The lowest BCUT2D eigenvalue weighted by Gasteiger charge is -2.08. The second-order valence-corrected chi connectivity index (χ2v) is 9.50. The number of aliphatic imine (C=N–C) groups is 1. The van der Waals surface area contributed by atoms with Gasteiger partial charge in [-0.15, -0.1) is 0 Å². The van der Waals surface area contributed by atoms with Crippen LogP contribution >= 0.6 is 0 Å². The van der Waals surface area contributed by atoms with E-state index in [1.54, 1.807) is 30.5 Å². The van der Waals surface area contributed by atoms with Gasteiger partial charge in [0, 0.05) is 23.4 Å². The first-order chi connectivity index (χ1) is 17.1. The molecule has 0 fully saturated rings. The third-order valence-electron chi connectivity index (χ3n) is 6.39. The first-order valence-electron chi connectivity index (χ1n) is 13.7. The quantitative estimate of drug-likeness (QED) is 0.124. The molecule has 0 aromatic heterocycles. The number of aromatic hydroxyl groups is 1. The molecule has 0 heterocycles. The number of phenolic OH excluding ortho intramolecular Hbond substituents is 1. The predicted octanol–water partition coefficient (Wildman–Crippen LogP) is 9.21. The SMILES string of the molecule is CCCCCCCCCCCCCCCCOc1ccc(C=Nc2ccccc2C(C)=O)c(O)c1. The molecule has 192 valence electrons. The van der Waals surface area contributed by atoms with Gasteiger partial charge in [-0.3, -0.25) is 9.79 Å². The van der Waals surface area contributed by atoms with Crippen LogP contribution in [0, 0.1) is 0 Å². The molecule has 2 rings (SSSR count). The number of ketones is 1. The van der Waals surface area contributed by atoms with Gasteiger partial charge in [0.2, 0.25) is 0 Å². The molecule has 4 heteroatoms. The second kappa shape index (κ2) is 17.8. The molecule has 0 amide bonds. The summed E-state index contributed by atoms with van der Waals surface area (Å²) in [6.07, 6.45) is 20.3. The number of phenols is 1. The van der Waals surface area contributed by atoms with Gasteiger partial charge < -0.3 is 9.84 Å². The fourth-order valence-electron chi connectivity index (χ4n) is 4.23. The van der Waals surface area contributed by atoms with Gasteiger partial charge in [-0.2, -0.15) is 0 Å². The van der Waals surface area contributed by atoms with E-state index in [-0.39, 0.29) is 11.5 Å². The van der Waals surface area contributed by atoms with Crippen molar-refractivity contribution in [1.82, 2.24) is 0 Å². The van der Waals surface area contributed by atoms with E-state index in [4.69, 9.17) is 4.74 Å². The number of unbranched alkanes of at least 4 members (excludes halogenated alkanes) is 13. The van der Waals surface area contributed by atoms with E-state index >= 15 is 0 Å². The van der Waals surface area contributed by atoms with E-state index < -0.39 is 0 Å². The lowest BCUT2D eigenvalue weighted by Crippen LogP contribution is -1.97. The average Bonchev–Trinajstić information content (AvgIpc) is 2.86. The summed E-state index contributed by atoms with van der Waals surface area (Å²) in [5, 5.41) is 10.3. The van der Waals surface area contributed by atoms with Crippen molar-refractivity contribution in [3.8, 4) is 11.5 Å². The van der Waals surface area contributed by atoms with Crippen LogP contribution in [0.25, 0.3) is 0 Å². The molecule has 0 aliphatic heterocycles. The summed E-state index contributed by atoms with van der Waals surface area (Å²) in [4.78, 5) is 16.1. The number of rotatable bonds is 19. The second-order valence-electron chi connectivity index (χ2n) is 9.50. The number of para-hydroxylation sites is 1. The highest BCUT2D eigenvalue weighted by atomic mass is 16.5. The molecule has 1 N–H and O–H groups in total. The molecule has 2 aromatic rings. The van der Waals surface area contributed by atoms with E-state index in [0.717, 1.165) is 6.42 Å². The minimum absolute atomic E-state index is 0.0331. The molecule has 0 aliphatic rings. The standard InChI is InChI=1S/C31H45NO3/c1-3-4-5-6-7-8-9-10-11-12-13-14-15-18-23-35-28-22-21-27(31(34)24-28)25-32-30-20-17-16-19-29(30)26(2)33/h16-17,19-22,24-25,34H,3-15,18,23H2,1-2H3. The van der Waals surface area contributed by atoms with E-state index in [0.29, 0.717) is 29.2 Å². The van der Waals surface area contributed by atoms with Gasteiger partial charge in [-0.25, -0.2) is 0 Å².